The summed E-state index contributed by atoms with van der Waals surface area (Å²) in [6.07, 6.45) is 2.98. The van der Waals surface area contributed by atoms with Gasteiger partial charge in [-0.3, -0.25) is 0 Å². The molecule has 0 unspecified atom stereocenters. The van der Waals surface area contributed by atoms with Gasteiger partial charge in [0.15, 0.2) is 0 Å². The minimum atomic E-state index is 0.896. The summed E-state index contributed by atoms with van der Waals surface area (Å²) >= 11 is 3.59. The molecule has 0 fully saturated rings. The Morgan fingerprint density at radius 3 is 2.32 bits per heavy atom. The topological polar surface area (TPSA) is 41.1 Å². The Morgan fingerprint density at radius 1 is 1.11 bits per heavy atom. The van der Waals surface area contributed by atoms with E-state index >= 15 is 0 Å². The molecule has 0 bridgehead atoms. The van der Waals surface area contributed by atoms with E-state index in [2.05, 4.69) is 56.9 Å². The van der Waals surface area contributed by atoms with Gasteiger partial charge in [-0.1, -0.05) is 27.2 Å². The maximum Gasteiger partial charge on any atom is 0.144 e. The number of anilines is 1. The van der Waals surface area contributed by atoms with Crippen LogP contribution >= 0.6 is 15.9 Å². The SMILES string of the molecule is CCCc1nc(CCN(CC)CC)nc(NC)c1Br. The lowest BCUT2D eigenvalue weighted by molar-refractivity contribution is 0.305. The molecule has 0 saturated heterocycles. The van der Waals surface area contributed by atoms with Gasteiger partial charge in [-0.15, -0.1) is 0 Å². The lowest BCUT2D eigenvalue weighted by Gasteiger charge is -2.18. The van der Waals surface area contributed by atoms with Gasteiger partial charge in [-0.25, -0.2) is 9.97 Å². The molecule has 1 rings (SSSR count). The van der Waals surface area contributed by atoms with E-state index < -0.39 is 0 Å². The largest absolute Gasteiger partial charge is 0.372 e. The van der Waals surface area contributed by atoms with Crippen molar-refractivity contribution in [1.82, 2.24) is 14.9 Å². The molecule has 19 heavy (non-hydrogen) atoms. The fraction of sp³-hybridized carbons (Fsp3) is 0.714. The molecule has 1 heterocycles. The third kappa shape index (κ3) is 4.73. The quantitative estimate of drug-likeness (QED) is 0.796. The van der Waals surface area contributed by atoms with E-state index in [4.69, 9.17) is 0 Å². The van der Waals surface area contributed by atoms with Crippen molar-refractivity contribution in [2.24, 2.45) is 0 Å². The maximum absolute atomic E-state index is 4.69. The fourth-order valence-electron chi connectivity index (χ4n) is 2.02. The van der Waals surface area contributed by atoms with E-state index in [1.54, 1.807) is 0 Å². The molecule has 0 radical (unpaired) electrons. The third-order valence-electron chi connectivity index (χ3n) is 3.24. The highest BCUT2D eigenvalue weighted by Crippen LogP contribution is 2.24. The van der Waals surface area contributed by atoms with Crippen molar-refractivity contribution >= 4 is 21.7 Å². The average Bonchev–Trinajstić information content (AvgIpc) is 2.43. The molecular formula is C14H25BrN4. The van der Waals surface area contributed by atoms with Crippen LogP contribution in [0.4, 0.5) is 5.82 Å². The van der Waals surface area contributed by atoms with Crippen molar-refractivity contribution in [3.8, 4) is 0 Å². The van der Waals surface area contributed by atoms with Crippen molar-refractivity contribution in [1.29, 1.82) is 0 Å². The summed E-state index contributed by atoms with van der Waals surface area (Å²) in [7, 11) is 1.90. The molecule has 0 amide bonds. The number of hydrogen-bond donors (Lipinski definition) is 1. The van der Waals surface area contributed by atoms with Crippen molar-refractivity contribution in [3.05, 3.63) is 16.0 Å². The van der Waals surface area contributed by atoms with Gasteiger partial charge in [0.25, 0.3) is 0 Å². The number of aryl methyl sites for hydroxylation is 1. The van der Waals surface area contributed by atoms with Crippen molar-refractivity contribution in [2.45, 2.75) is 40.0 Å². The van der Waals surface area contributed by atoms with Crippen LogP contribution in [-0.2, 0) is 12.8 Å². The predicted octanol–water partition coefficient (Wildman–Crippen LogP) is 3.12. The van der Waals surface area contributed by atoms with Crippen LogP contribution in [0.2, 0.25) is 0 Å². The van der Waals surface area contributed by atoms with Gasteiger partial charge in [0, 0.05) is 20.0 Å². The number of rotatable bonds is 8. The number of hydrogen-bond acceptors (Lipinski definition) is 4. The van der Waals surface area contributed by atoms with Gasteiger partial charge in [0.1, 0.15) is 11.6 Å². The summed E-state index contributed by atoms with van der Waals surface area (Å²) in [5.41, 5.74) is 1.11. The molecule has 1 aromatic rings. The molecular weight excluding hydrogens is 304 g/mol. The smallest absolute Gasteiger partial charge is 0.144 e. The Hall–Kier alpha value is -0.680. The zero-order valence-corrected chi connectivity index (χ0v) is 14.0. The first kappa shape index (κ1) is 16.4. The minimum Gasteiger partial charge on any atom is -0.372 e. The zero-order valence-electron chi connectivity index (χ0n) is 12.5. The van der Waals surface area contributed by atoms with Crippen molar-refractivity contribution < 1.29 is 0 Å². The minimum absolute atomic E-state index is 0.896. The van der Waals surface area contributed by atoms with Crippen molar-refractivity contribution in [2.75, 3.05) is 32.0 Å². The number of nitrogens with zero attached hydrogens (tertiary/aromatic N) is 3. The molecule has 0 atom stereocenters. The van der Waals surface area contributed by atoms with Gasteiger partial charge < -0.3 is 10.2 Å². The molecule has 0 aliphatic heterocycles. The van der Waals surface area contributed by atoms with Gasteiger partial charge >= 0.3 is 0 Å². The zero-order chi connectivity index (χ0) is 14.3. The molecule has 108 valence electrons. The second-order valence-corrected chi connectivity index (χ2v) is 5.32. The first-order chi connectivity index (χ1) is 9.15. The van der Waals surface area contributed by atoms with Gasteiger partial charge in [0.05, 0.1) is 10.2 Å². The first-order valence-corrected chi connectivity index (χ1v) is 7.90. The van der Waals surface area contributed by atoms with Gasteiger partial charge in [-0.05, 0) is 35.4 Å². The summed E-state index contributed by atoms with van der Waals surface area (Å²) in [5.74, 6) is 1.83. The lowest BCUT2D eigenvalue weighted by atomic mass is 10.2. The molecule has 0 aliphatic rings. The van der Waals surface area contributed by atoms with E-state index in [-0.39, 0.29) is 0 Å². The van der Waals surface area contributed by atoms with Crippen LogP contribution < -0.4 is 5.32 Å². The second-order valence-electron chi connectivity index (χ2n) is 4.53. The highest BCUT2D eigenvalue weighted by molar-refractivity contribution is 9.10. The number of halogens is 1. The van der Waals surface area contributed by atoms with Gasteiger partial charge in [0.2, 0.25) is 0 Å². The second kappa shape index (κ2) is 8.48. The molecule has 4 nitrogen and oxygen atoms in total. The van der Waals surface area contributed by atoms with Crippen LogP contribution in [0.1, 0.15) is 38.7 Å². The molecule has 0 aromatic carbocycles. The predicted molar refractivity (Wildman–Crippen MR) is 84.8 cm³/mol. The first-order valence-electron chi connectivity index (χ1n) is 7.11. The molecule has 1 N–H and O–H groups in total. The van der Waals surface area contributed by atoms with Crippen molar-refractivity contribution in [3.63, 3.8) is 0 Å². The van der Waals surface area contributed by atoms with E-state index in [1.807, 2.05) is 7.05 Å². The van der Waals surface area contributed by atoms with E-state index in [0.29, 0.717) is 0 Å². The Morgan fingerprint density at radius 2 is 1.79 bits per heavy atom. The fourth-order valence-corrected chi connectivity index (χ4v) is 2.60. The molecule has 0 aliphatic carbocycles. The Bertz CT molecular complexity index is 391. The van der Waals surface area contributed by atoms with Crippen LogP contribution in [0, 0.1) is 0 Å². The molecule has 5 heteroatoms. The lowest BCUT2D eigenvalue weighted by Crippen LogP contribution is -2.26. The maximum atomic E-state index is 4.69. The van der Waals surface area contributed by atoms with E-state index in [0.717, 1.165) is 60.7 Å². The van der Waals surface area contributed by atoms with E-state index in [1.165, 1.54) is 0 Å². The molecule has 1 aromatic heterocycles. The normalized spacial score (nSPS) is 11.1. The molecule has 0 spiro atoms. The highest BCUT2D eigenvalue weighted by Gasteiger charge is 2.11. The van der Waals surface area contributed by atoms with E-state index in [9.17, 15) is 0 Å². The van der Waals surface area contributed by atoms with Crippen LogP contribution in [0.25, 0.3) is 0 Å². The highest BCUT2D eigenvalue weighted by atomic mass is 79.9. The Balaban J connectivity index is 2.85. The number of nitrogens with one attached hydrogen (secondary N) is 1. The van der Waals surface area contributed by atoms with Gasteiger partial charge in [-0.2, -0.15) is 0 Å². The summed E-state index contributed by atoms with van der Waals surface area (Å²) in [4.78, 5) is 11.7. The standard InChI is InChI=1S/C14H25BrN4/c1-5-8-11-13(15)14(16-4)18-12(17-11)9-10-19(6-2)7-3/h5-10H2,1-4H3,(H,16,17,18). The number of aromatic nitrogens is 2. The van der Waals surface area contributed by atoms with Crippen LogP contribution in [0.5, 0.6) is 0 Å². The summed E-state index contributed by atoms with van der Waals surface area (Å²) < 4.78 is 1.00. The summed E-state index contributed by atoms with van der Waals surface area (Å²) in [6, 6.07) is 0. The Kier molecular flexibility index (Phi) is 7.31. The van der Waals surface area contributed by atoms with Crippen LogP contribution in [0.3, 0.4) is 0 Å². The molecule has 0 saturated carbocycles. The van der Waals surface area contributed by atoms with Crippen LogP contribution in [-0.4, -0.2) is 41.5 Å². The average molecular weight is 329 g/mol. The third-order valence-corrected chi connectivity index (χ3v) is 4.07. The number of likely N-dealkylation sites (N-methyl/N-ethyl adjacent to an activating group) is 1. The summed E-state index contributed by atoms with van der Waals surface area (Å²) in [5, 5.41) is 3.14. The Labute approximate surface area is 125 Å². The summed E-state index contributed by atoms with van der Waals surface area (Å²) in [6.45, 7) is 9.72. The van der Waals surface area contributed by atoms with Crippen LogP contribution in [0.15, 0.2) is 4.47 Å². The monoisotopic (exact) mass is 328 g/mol.